The molecule has 144 valence electrons. The first-order valence-corrected chi connectivity index (χ1v) is 10.5. The molecule has 1 aromatic carbocycles. The van der Waals surface area contributed by atoms with Crippen LogP contribution in [0.5, 0.6) is 0 Å². The van der Waals surface area contributed by atoms with Crippen LogP contribution in [0.1, 0.15) is 36.9 Å². The molecule has 2 fully saturated rings. The maximum Gasteiger partial charge on any atom is 0.243 e. The standard InChI is InChI=1S/C18H22N4O4S/c1-12-19-18(26-21-12)15-9-10-22(11-16(15)20-17(23)13-7-8-13)27(24,25)14-5-3-2-4-6-14/h2-6,13,15-16H,7-11H2,1H3,(H,20,23)/t15-,16+/m0/s1. The van der Waals surface area contributed by atoms with Crippen molar-refractivity contribution in [2.24, 2.45) is 5.92 Å². The molecule has 9 heteroatoms. The van der Waals surface area contributed by atoms with Gasteiger partial charge in [-0.05, 0) is 38.3 Å². The molecule has 2 heterocycles. The number of carbonyl (C=O) groups is 1. The fourth-order valence-electron chi connectivity index (χ4n) is 3.43. The number of amides is 1. The number of hydrogen-bond donors (Lipinski definition) is 1. The van der Waals surface area contributed by atoms with E-state index >= 15 is 0 Å². The number of hydrogen-bond acceptors (Lipinski definition) is 6. The van der Waals surface area contributed by atoms with Crippen molar-refractivity contribution in [2.75, 3.05) is 13.1 Å². The van der Waals surface area contributed by atoms with Gasteiger partial charge in [0, 0.05) is 19.0 Å². The molecular weight excluding hydrogens is 368 g/mol. The minimum Gasteiger partial charge on any atom is -0.351 e. The summed E-state index contributed by atoms with van der Waals surface area (Å²) in [6.45, 7) is 2.25. The molecule has 1 aliphatic heterocycles. The van der Waals surface area contributed by atoms with Crippen molar-refractivity contribution in [3.63, 3.8) is 0 Å². The van der Waals surface area contributed by atoms with Gasteiger partial charge in [0.1, 0.15) is 0 Å². The number of benzene rings is 1. The number of piperidine rings is 1. The van der Waals surface area contributed by atoms with Gasteiger partial charge in [-0.25, -0.2) is 8.42 Å². The van der Waals surface area contributed by atoms with Crippen LogP contribution in [0, 0.1) is 12.8 Å². The molecule has 0 unspecified atom stereocenters. The number of sulfonamides is 1. The van der Waals surface area contributed by atoms with Crippen molar-refractivity contribution in [3.8, 4) is 0 Å². The van der Waals surface area contributed by atoms with Crippen molar-refractivity contribution in [3.05, 3.63) is 42.0 Å². The quantitative estimate of drug-likeness (QED) is 0.828. The Morgan fingerprint density at radius 3 is 2.59 bits per heavy atom. The first-order valence-electron chi connectivity index (χ1n) is 9.11. The van der Waals surface area contributed by atoms with Crippen LogP contribution in [-0.4, -0.2) is 47.9 Å². The van der Waals surface area contributed by atoms with Gasteiger partial charge < -0.3 is 9.84 Å². The van der Waals surface area contributed by atoms with Gasteiger partial charge in [0.2, 0.25) is 21.8 Å². The minimum atomic E-state index is -3.62. The van der Waals surface area contributed by atoms with E-state index in [0.29, 0.717) is 24.7 Å². The summed E-state index contributed by atoms with van der Waals surface area (Å²) >= 11 is 0. The van der Waals surface area contributed by atoms with E-state index in [2.05, 4.69) is 15.5 Å². The van der Waals surface area contributed by atoms with Crippen molar-refractivity contribution in [1.82, 2.24) is 19.8 Å². The summed E-state index contributed by atoms with van der Waals surface area (Å²) < 4.78 is 32.7. The van der Waals surface area contributed by atoms with Crippen LogP contribution in [0.15, 0.2) is 39.8 Å². The molecule has 1 aliphatic carbocycles. The monoisotopic (exact) mass is 390 g/mol. The summed E-state index contributed by atoms with van der Waals surface area (Å²) in [5.41, 5.74) is 0. The van der Waals surface area contributed by atoms with Crippen LogP contribution >= 0.6 is 0 Å². The highest BCUT2D eigenvalue weighted by atomic mass is 32.2. The third-order valence-corrected chi connectivity index (χ3v) is 6.97. The lowest BCUT2D eigenvalue weighted by Gasteiger charge is -2.36. The SMILES string of the molecule is Cc1noc([C@H]2CCN(S(=O)(=O)c3ccccc3)C[C@H]2NC(=O)C2CC2)n1. The number of aromatic nitrogens is 2. The van der Waals surface area contributed by atoms with E-state index in [1.165, 1.54) is 4.31 Å². The lowest BCUT2D eigenvalue weighted by Crippen LogP contribution is -2.53. The van der Waals surface area contributed by atoms with Gasteiger partial charge in [0.15, 0.2) is 5.82 Å². The second kappa shape index (κ2) is 7.05. The second-order valence-electron chi connectivity index (χ2n) is 7.14. The highest BCUT2D eigenvalue weighted by Gasteiger charge is 2.41. The summed E-state index contributed by atoms with van der Waals surface area (Å²) in [4.78, 5) is 16.9. The zero-order chi connectivity index (χ0) is 19.0. The zero-order valence-corrected chi connectivity index (χ0v) is 15.9. The van der Waals surface area contributed by atoms with E-state index in [9.17, 15) is 13.2 Å². The number of aryl methyl sites for hydroxylation is 1. The largest absolute Gasteiger partial charge is 0.351 e. The van der Waals surface area contributed by atoms with E-state index in [0.717, 1.165) is 12.8 Å². The topological polar surface area (TPSA) is 105 Å². The van der Waals surface area contributed by atoms with Gasteiger partial charge in [0.05, 0.1) is 16.9 Å². The molecular formula is C18H22N4O4S. The van der Waals surface area contributed by atoms with Crippen LogP contribution in [0.2, 0.25) is 0 Å². The van der Waals surface area contributed by atoms with Gasteiger partial charge in [-0.2, -0.15) is 9.29 Å². The van der Waals surface area contributed by atoms with Crippen molar-refractivity contribution in [2.45, 2.75) is 43.0 Å². The highest BCUT2D eigenvalue weighted by molar-refractivity contribution is 7.89. The highest BCUT2D eigenvalue weighted by Crippen LogP contribution is 2.33. The van der Waals surface area contributed by atoms with E-state index in [4.69, 9.17) is 4.52 Å². The Morgan fingerprint density at radius 1 is 1.22 bits per heavy atom. The molecule has 2 atom stereocenters. The zero-order valence-electron chi connectivity index (χ0n) is 15.0. The molecule has 1 aromatic heterocycles. The molecule has 1 amide bonds. The molecule has 0 radical (unpaired) electrons. The lowest BCUT2D eigenvalue weighted by molar-refractivity contribution is -0.123. The molecule has 4 rings (SSSR count). The summed E-state index contributed by atoms with van der Waals surface area (Å²) in [7, 11) is -3.62. The van der Waals surface area contributed by atoms with Crippen molar-refractivity contribution >= 4 is 15.9 Å². The average Bonchev–Trinajstić information content (AvgIpc) is 3.44. The van der Waals surface area contributed by atoms with Crippen LogP contribution < -0.4 is 5.32 Å². The normalized spacial score (nSPS) is 23.9. The maximum atomic E-state index is 13.0. The Morgan fingerprint density at radius 2 is 1.96 bits per heavy atom. The van der Waals surface area contributed by atoms with Crippen LogP contribution in [0.3, 0.4) is 0 Å². The maximum absolute atomic E-state index is 13.0. The van der Waals surface area contributed by atoms with Gasteiger partial charge in [-0.3, -0.25) is 4.79 Å². The number of nitrogens with zero attached hydrogens (tertiary/aromatic N) is 3. The molecule has 0 bridgehead atoms. The van der Waals surface area contributed by atoms with Gasteiger partial charge in [0.25, 0.3) is 0 Å². The number of nitrogens with one attached hydrogen (secondary N) is 1. The summed E-state index contributed by atoms with van der Waals surface area (Å²) in [5.74, 6) is 0.787. The minimum absolute atomic E-state index is 0.0276. The van der Waals surface area contributed by atoms with Crippen LogP contribution in [-0.2, 0) is 14.8 Å². The smallest absolute Gasteiger partial charge is 0.243 e. The van der Waals surface area contributed by atoms with Gasteiger partial charge in [-0.15, -0.1) is 0 Å². The summed E-state index contributed by atoms with van der Waals surface area (Å²) in [6.07, 6.45) is 2.27. The lowest BCUT2D eigenvalue weighted by atomic mass is 9.92. The summed E-state index contributed by atoms with van der Waals surface area (Å²) in [6, 6.07) is 7.95. The molecule has 1 N–H and O–H groups in total. The predicted octanol–water partition coefficient (Wildman–Crippen LogP) is 1.45. The average molecular weight is 390 g/mol. The van der Waals surface area contributed by atoms with E-state index in [1.807, 2.05) is 0 Å². The Bertz CT molecular complexity index is 924. The molecule has 1 saturated carbocycles. The fraction of sp³-hybridized carbons (Fsp3) is 0.500. The van der Waals surface area contributed by atoms with E-state index < -0.39 is 16.1 Å². The Kier molecular flexibility index (Phi) is 4.73. The number of carbonyl (C=O) groups excluding carboxylic acids is 1. The Labute approximate surface area is 158 Å². The predicted molar refractivity (Wildman–Crippen MR) is 96.2 cm³/mol. The molecule has 0 spiro atoms. The molecule has 8 nitrogen and oxygen atoms in total. The van der Waals surface area contributed by atoms with Crippen LogP contribution in [0.25, 0.3) is 0 Å². The van der Waals surface area contributed by atoms with Gasteiger partial charge in [-0.1, -0.05) is 23.4 Å². The third kappa shape index (κ3) is 3.74. The second-order valence-corrected chi connectivity index (χ2v) is 9.08. The molecule has 1 saturated heterocycles. The molecule has 2 aliphatic rings. The summed E-state index contributed by atoms with van der Waals surface area (Å²) in [5, 5.41) is 6.86. The van der Waals surface area contributed by atoms with Crippen molar-refractivity contribution < 1.29 is 17.7 Å². The van der Waals surface area contributed by atoms with E-state index in [-0.39, 0.29) is 29.2 Å². The Hall–Kier alpha value is -2.26. The fourth-order valence-corrected chi connectivity index (χ4v) is 4.94. The molecule has 2 aromatic rings. The Balaban J connectivity index is 1.58. The number of rotatable bonds is 5. The van der Waals surface area contributed by atoms with Crippen molar-refractivity contribution in [1.29, 1.82) is 0 Å². The molecule has 27 heavy (non-hydrogen) atoms. The van der Waals surface area contributed by atoms with E-state index in [1.54, 1.807) is 37.3 Å². The first kappa shape index (κ1) is 18.1. The first-order chi connectivity index (χ1) is 12.9. The van der Waals surface area contributed by atoms with Crippen LogP contribution in [0.4, 0.5) is 0 Å². The van der Waals surface area contributed by atoms with Gasteiger partial charge >= 0.3 is 0 Å². The third-order valence-electron chi connectivity index (χ3n) is 5.09.